The van der Waals surface area contributed by atoms with Gasteiger partial charge in [0.2, 0.25) is 5.03 Å². The molecule has 1 aliphatic heterocycles. The lowest BCUT2D eigenvalue weighted by molar-refractivity contribution is 0.510. The van der Waals surface area contributed by atoms with Crippen LogP contribution in [0, 0.1) is 6.92 Å². The first-order valence-electron chi connectivity index (χ1n) is 4.51. The van der Waals surface area contributed by atoms with Crippen LogP contribution in [0.1, 0.15) is 24.4 Å². The van der Waals surface area contributed by atoms with Crippen molar-refractivity contribution in [3.63, 3.8) is 0 Å². The number of halogens is 1. The van der Waals surface area contributed by atoms with Crippen molar-refractivity contribution in [1.29, 1.82) is 0 Å². The summed E-state index contributed by atoms with van der Waals surface area (Å²) in [6.07, 6.45) is 2.49. The zero-order valence-corrected chi connectivity index (χ0v) is 8.64. The fourth-order valence-electron chi connectivity index (χ4n) is 1.88. The van der Waals surface area contributed by atoms with Gasteiger partial charge in [-0.3, -0.25) is 0 Å². The van der Waals surface area contributed by atoms with Crippen LogP contribution in [0.5, 0.6) is 0 Å². The molecule has 4 nitrogen and oxygen atoms in total. The summed E-state index contributed by atoms with van der Waals surface area (Å²) in [6.45, 7) is 2.44. The van der Waals surface area contributed by atoms with E-state index in [4.69, 9.17) is 0 Å². The van der Waals surface area contributed by atoms with Crippen LogP contribution in [0.15, 0.2) is 5.03 Å². The molecule has 1 aliphatic rings. The highest BCUT2D eigenvalue weighted by Gasteiger charge is 2.26. The average Bonchev–Trinajstić information content (AvgIpc) is 2.44. The van der Waals surface area contributed by atoms with Crippen LogP contribution in [-0.4, -0.2) is 18.0 Å². The van der Waals surface area contributed by atoms with E-state index in [1.54, 1.807) is 11.5 Å². The van der Waals surface area contributed by atoms with Crippen molar-refractivity contribution in [3.05, 3.63) is 11.5 Å². The summed E-state index contributed by atoms with van der Waals surface area (Å²) in [5.74, 6) is 0.580. The van der Waals surface area contributed by atoms with Crippen LogP contribution in [0.4, 0.5) is 3.89 Å². The Kier molecular flexibility index (Phi) is 2.10. The van der Waals surface area contributed by atoms with E-state index in [0.717, 1.165) is 19.4 Å². The van der Waals surface area contributed by atoms with E-state index in [-0.39, 0.29) is 5.03 Å². The molecule has 2 heterocycles. The highest BCUT2D eigenvalue weighted by molar-refractivity contribution is 7.86. The normalized spacial score (nSPS) is 16.7. The Labute approximate surface area is 82.0 Å². The lowest BCUT2D eigenvalue weighted by atomic mass is 10.1. The molecule has 78 valence electrons. The largest absolute Gasteiger partial charge is 0.351 e. The van der Waals surface area contributed by atoms with Crippen LogP contribution < -0.4 is 0 Å². The molecule has 0 bridgehead atoms. The van der Waals surface area contributed by atoms with Crippen molar-refractivity contribution < 1.29 is 12.3 Å². The molecule has 0 radical (unpaired) electrons. The maximum Gasteiger partial charge on any atom is 0.351 e. The van der Waals surface area contributed by atoms with E-state index in [1.807, 2.05) is 0 Å². The highest BCUT2D eigenvalue weighted by atomic mass is 32.3. The molecular formula is C8H11FN2O2S. The SMILES string of the molecule is Cc1nc(S(=O)(=O)F)c2n1CCCC2. The lowest BCUT2D eigenvalue weighted by Gasteiger charge is -2.15. The quantitative estimate of drug-likeness (QED) is 0.665. The number of hydrogen-bond acceptors (Lipinski definition) is 3. The number of nitrogens with zero attached hydrogens (tertiary/aromatic N) is 2. The van der Waals surface area contributed by atoms with Gasteiger partial charge in [0.15, 0.2) is 0 Å². The molecule has 0 fully saturated rings. The van der Waals surface area contributed by atoms with Crippen molar-refractivity contribution in [2.24, 2.45) is 0 Å². The van der Waals surface area contributed by atoms with Gasteiger partial charge < -0.3 is 4.57 Å². The summed E-state index contributed by atoms with van der Waals surface area (Å²) >= 11 is 0. The lowest BCUT2D eigenvalue weighted by Crippen LogP contribution is -2.12. The standard InChI is InChI=1S/C8H11FN2O2S/c1-6-10-8(14(9,12)13)7-4-2-3-5-11(6)7/h2-5H2,1H3. The predicted molar refractivity (Wildman–Crippen MR) is 48.2 cm³/mol. The Hall–Kier alpha value is -0.910. The van der Waals surface area contributed by atoms with Crippen molar-refractivity contribution in [2.75, 3.05) is 0 Å². The van der Waals surface area contributed by atoms with Gasteiger partial charge in [0.05, 0.1) is 5.69 Å². The Morgan fingerprint density at radius 3 is 2.79 bits per heavy atom. The molecule has 14 heavy (non-hydrogen) atoms. The van der Waals surface area contributed by atoms with Crippen LogP contribution >= 0.6 is 0 Å². The first kappa shape index (κ1) is 9.64. The minimum atomic E-state index is -4.66. The average molecular weight is 218 g/mol. The topological polar surface area (TPSA) is 52.0 Å². The number of aryl methyl sites for hydroxylation is 1. The van der Waals surface area contributed by atoms with E-state index >= 15 is 0 Å². The van der Waals surface area contributed by atoms with Gasteiger partial charge >= 0.3 is 10.2 Å². The minimum Gasteiger partial charge on any atom is -0.331 e. The second-order valence-electron chi connectivity index (χ2n) is 3.46. The van der Waals surface area contributed by atoms with E-state index in [9.17, 15) is 12.3 Å². The van der Waals surface area contributed by atoms with Gasteiger partial charge in [-0.1, -0.05) is 3.89 Å². The first-order valence-corrected chi connectivity index (χ1v) is 5.89. The number of imidazole rings is 1. The Morgan fingerprint density at radius 1 is 1.43 bits per heavy atom. The molecule has 0 saturated heterocycles. The first-order chi connectivity index (χ1) is 6.50. The number of rotatable bonds is 1. The van der Waals surface area contributed by atoms with Crippen molar-refractivity contribution in [3.8, 4) is 0 Å². The minimum absolute atomic E-state index is 0.380. The maximum absolute atomic E-state index is 12.8. The Balaban J connectivity index is 2.64. The molecule has 0 atom stereocenters. The van der Waals surface area contributed by atoms with Gasteiger partial charge in [-0.25, -0.2) is 4.98 Å². The molecule has 0 aromatic carbocycles. The summed E-state index contributed by atoms with van der Waals surface area (Å²) in [5, 5.41) is -0.380. The molecule has 0 spiro atoms. The van der Waals surface area contributed by atoms with Gasteiger partial charge in [-0.2, -0.15) is 8.42 Å². The number of aromatic nitrogens is 2. The molecule has 0 unspecified atom stereocenters. The molecule has 0 saturated carbocycles. The van der Waals surface area contributed by atoms with Crippen molar-refractivity contribution in [2.45, 2.75) is 37.8 Å². The molecule has 2 rings (SSSR count). The summed E-state index contributed by atoms with van der Waals surface area (Å²) in [4.78, 5) is 3.76. The Morgan fingerprint density at radius 2 is 2.14 bits per heavy atom. The maximum atomic E-state index is 12.8. The van der Waals surface area contributed by atoms with Gasteiger partial charge in [-0.05, 0) is 26.2 Å². The summed E-state index contributed by atoms with van der Waals surface area (Å²) in [6, 6.07) is 0. The Bertz CT molecular complexity index is 464. The van der Waals surface area contributed by atoms with E-state index in [1.165, 1.54) is 0 Å². The second-order valence-corrected chi connectivity index (χ2v) is 4.72. The molecular weight excluding hydrogens is 207 g/mol. The van der Waals surface area contributed by atoms with E-state index in [2.05, 4.69) is 4.98 Å². The molecule has 0 N–H and O–H groups in total. The summed E-state index contributed by atoms with van der Waals surface area (Å²) < 4.78 is 36.2. The summed E-state index contributed by atoms with van der Waals surface area (Å²) in [5.41, 5.74) is 0.524. The van der Waals surface area contributed by atoms with Crippen LogP contribution in [-0.2, 0) is 23.2 Å². The third-order valence-electron chi connectivity index (χ3n) is 2.50. The van der Waals surface area contributed by atoms with Crippen molar-refractivity contribution >= 4 is 10.2 Å². The highest BCUT2D eigenvalue weighted by Crippen LogP contribution is 2.24. The molecule has 0 aliphatic carbocycles. The monoisotopic (exact) mass is 218 g/mol. The van der Waals surface area contributed by atoms with Crippen LogP contribution in [0.2, 0.25) is 0 Å². The van der Waals surface area contributed by atoms with E-state index < -0.39 is 10.2 Å². The molecule has 1 aromatic rings. The zero-order chi connectivity index (χ0) is 10.3. The van der Waals surface area contributed by atoms with E-state index in [0.29, 0.717) is 17.9 Å². The fourth-order valence-corrected chi connectivity index (χ4v) is 2.61. The zero-order valence-electron chi connectivity index (χ0n) is 7.83. The summed E-state index contributed by atoms with van der Waals surface area (Å²) in [7, 11) is -4.66. The third-order valence-corrected chi connectivity index (χ3v) is 3.29. The van der Waals surface area contributed by atoms with Gasteiger partial charge in [-0.15, -0.1) is 0 Å². The van der Waals surface area contributed by atoms with Crippen molar-refractivity contribution in [1.82, 2.24) is 9.55 Å². The second kappa shape index (κ2) is 3.05. The fraction of sp³-hybridized carbons (Fsp3) is 0.625. The number of fused-ring (bicyclic) bond motifs is 1. The van der Waals surface area contributed by atoms with Gasteiger partial charge in [0, 0.05) is 6.54 Å². The molecule has 1 aromatic heterocycles. The predicted octanol–water partition coefficient (Wildman–Crippen LogP) is 1.19. The van der Waals surface area contributed by atoms with Crippen LogP contribution in [0.3, 0.4) is 0 Å². The third kappa shape index (κ3) is 1.43. The number of hydrogen-bond donors (Lipinski definition) is 0. The van der Waals surface area contributed by atoms with Crippen LogP contribution in [0.25, 0.3) is 0 Å². The van der Waals surface area contributed by atoms with Gasteiger partial charge in [0.25, 0.3) is 0 Å². The molecule has 0 amide bonds. The molecule has 6 heteroatoms. The smallest absolute Gasteiger partial charge is 0.331 e. The van der Waals surface area contributed by atoms with Gasteiger partial charge in [0.1, 0.15) is 5.82 Å².